The number of carboxylic acids is 1. The number of carboxylic acid groups (broad SMARTS) is 1. The summed E-state index contributed by atoms with van der Waals surface area (Å²) in [7, 11) is 1.86. The molecule has 0 bridgehead atoms. The summed E-state index contributed by atoms with van der Waals surface area (Å²) in [6.45, 7) is 0.834. The van der Waals surface area contributed by atoms with Crippen molar-refractivity contribution in [3.05, 3.63) is 21.9 Å². The monoisotopic (exact) mass is 197 g/mol. The number of fused-ring (bicyclic) bond motifs is 1. The first-order valence-corrected chi connectivity index (χ1v) is 5.07. The summed E-state index contributed by atoms with van der Waals surface area (Å²) in [6, 6.07) is 1.60. The molecule has 1 aliphatic heterocycles. The van der Waals surface area contributed by atoms with Gasteiger partial charge in [0.25, 0.3) is 0 Å². The quantitative estimate of drug-likeness (QED) is 0.739. The van der Waals surface area contributed by atoms with Crippen molar-refractivity contribution in [3.63, 3.8) is 0 Å². The van der Waals surface area contributed by atoms with E-state index in [1.165, 1.54) is 5.56 Å². The van der Waals surface area contributed by atoms with Crippen molar-refractivity contribution >= 4 is 17.3 Å². The molecule has 0 spiro atoms. The number of nitrogens with zero attached hydrogens (tertiary/aromatic N) is 1. The molecule has 70 valence electrons. The molecule has 2 heterocycles. The van der Waals surface area contributed by atoms with E-state index in [2.05, 4.69) is 0 Å². The average molecular weight is 197 g/mol. The van der Waals surface area contributed by atoms with Gasteiger partial charge < -0.3 is 5.11 Å². The Kier molecular flexibility index (Phi) is 2.09. The highest BCUT2D eigenvalue weighted by molar-refractivity contribution is 7.10. The van der Waals surface area contributed by atoms with Crippen LogP contribution in [0.3, 0.4) is 0 Å². The Hall–Kier alpha value is -0.870. The van der Waals surface area contributed by atoms with Gasteiger partial charge in [0.1, 0.15) is 6.04 Å². The van der Waals surface area contributed by atoms with Crippen molar-refractivity contribution in [1.82, 2.24) is 4.90 Å². The molecule has 13 heavy (non-hydrogen) atoms. The second-order valence-electron chi connectivity index (χ2n) is 3.28. The fourth-order valence-electron chi connectivity index (χ4n) is 1.72. The molecule has 1 atom stereocenters. The van der Waals surface area contributed by atoms with Crippen LogP contribution < -0.4 is 0 Å². The van der Waals surface area contributed by atoms with Crippen LogP contribution in [0.1, 0.15) is 16.5 Å². The predicted octanol–water partition coefficient (Wildman–Crippen LogP) is 1.36. The van der Waals surface area contributed by atoms with E-state index in [9.17, 15) is 4.79 Å². The largest absolute Gasteiger partial charge is 0.480 e. The highest BCUT2D eigenvalue weighted by Gasteiger charge is 2.31. The number of aliphatic carboxylic acids is 1. The van der Waals surface area contributed by atoms with Crippen molar-refractivity contribution < 1.29 is 9.90 Å². The predicted molar refractivity (Wildman–Crippen MR) is 51.0 cm³/mol. The fourth-order valence-corrected chi connectivity index (χ4v) is 2.83. The van der Waals surface area contributed by atoms with E-state index in [-0.39, 0.29) is 0 Å². The molecule has 2 rings (SSSR count). The summed E-state index contributed by atoms with van der Waals surface area (Å²) >= 11 is 1.54. The number of hydrogen-bond acceptors (Lipinski definition) is 3. The topological polar surface area (TPSA) is 40.5 Å². The van der Waals surface area contributed by atoms with Crippen LogP contribution in [0, 0.1) is 0 Å². The Balaban J connectivity index is 2.41. The van der Waals surface area contributed by atoms with Gasteiger partial charge in [-0.3, -0.25) is 9.69 Å². The molecule has 0 amide bonds. The minimum absolute atomic E-state index is 0.427. The first kappa shape index (κ1) is 8.72. The molecule has 0 saturated carbocycles. The van der Waals surface area contributed by atoms with Gasteiger partial charge in [-0.05, 0) is 30.5 Å². The van der Waals surface area contributed by atoms with Crippen LogP contribution in [0.25, 0.3) is 0 Å². The highest BCUT2D eigenvalue weighted by Crippen LogP contribution is 2.32. The van der Waals surface area contributed by atoms with Crippen LogP contribution >= 0.6 is 11.3 Å². The van der Waals surface area contributed by atoms with Crippen molar-refractivity contribution in [3.8, 4) is 0 Å². The van der Waals surface area contributed by atoms with E-state index in [0.717, 1.165) is 17.8 Å². The van der Waals surface area contributed by atoms with Crippen molar-refractivity contribution in [2.24, 2.45) is 0 Å². The summed E-state index contributed by atoms with van der Waals surface area (Å²) < 4.78 is 0. The molecular weight excluding hydrogens is 186 g/mol. The van der Waals surface area contributed by atoms with Crippen molar-refractivity contribution in [2.75, 3.05) is 13.6 Å². The van der Waals surface area contributed by atoms with Crippen molar-refractivity contribution in [1.29, 1.82) is 0 Å². The third kappa shape index (κ3) is 1.36. The molecule has 1 N–H and O–H groups in total. The van der Waals surface area contributed by atoms with Gasteiger partial charge in [-0.15, -0.1) is 11.3 Å². The van der Waals surface area contributed by atoms with Crippen LogP contribution in [0.4, 0.5) is 0 Å². The summed E-state index contributed by atoms with van der Waals surface area (Å²) in [4.78, 5) is 13.9. The Labute approximate surface area is 80.6 Å². The summed E-state index contributed by atoms with van der Waals surface area (Å²) in [5.41, 5.74) is 1.20. The molecule has 1 aliphatic rings. The van der Waals surface area contributed by atoms with Gasteiger partial charge in [-0.1, -0.05) is 0 Å². The Bertz CT molecular complexity index is 334. The molecule has 1 aromatic rings. The lowest BCUT2D eigenvalue weighted by Crippen LogP contribution is -2.35. The van der Waals surface area contributed by atoms with Crippen LogP contribution in [0.5, 0.6) is 0 Å². The first-order valence-electron chi connectivity index (χ1n) is 4.19. The van der Waals surface area contributed by atoms with E-state index in [1.54, 1.807) is 11.3 Å². The Morgan fingerprint density at radius 1 is 1.77 bits per heavy atom. The molecule has 1 aromatic heterocycles. The first-order chi connectivity index (χ1) is 6.20. The molecular formula is C9H11NO2S. The third-order valence-corrected chi connectivity index (χ3v) is 3.45. The molecule has 0 aromatic carbocycles. The zero-order valence-electron chi connectivity index (χ0n) is 7.36. The normalized spacial score (nSPS) is 22.7. The summed E-state index contributed by atoms with van der Waals surface area (Å²) in [5.74, 6) is -0.745. The third-order valence-electron chi connectivity index (χ3n) is 2.44. The molecule has 0 radical (unpaired) electrons. The smallest absolute Gasteiger partial charge is 0.326 e. The molecule has 0 aliphatic carbocycles. The van der Waals surface area contributed by atoms with Gasteiger partial charge in [0.15, 0.2) is 0 Å². The van der Waals surface area contributed by atoms with E-state index in [1.807, 2.05) is 23.4 Å². The van der Waals surface area contributed by atoms with E-state index >= 15 is 0 Å². The van der Waals surface area contributed by atoms with Crippen LogP contribution in [0.15, 0.2) is 11.4 Å². The fraction of sp³-hybridized carbons (Fsp3) is 0.444. The Morgan fingerprint density at radius 2 is 2.54 bits per heavy atom. The molecule has 4 heteroatoms. The van der Waals surface area contributed by atoms with Gasteiger partial charge >= 0.3 is 5.97 Å². The maximum Gasteiger partial charge on any atom is 0.326 e. The number of hydrogen-bond donors (Lipinski definition) is 1. The van der Waals surface area contributed by atoms with Gasteiger partial charge in [0, 0.05) is 11.4 Å². The lowest BCUT2D eigenvalue weighted by Gasteiger charge is -2.29. The van der Waals surface area contributed by atoms with Crippen molar-refractivity contribution in [2.45, 2.75) is 12.5 Å². The maximum atomic E-state index is 11.0. The van der Waals surface area contributed by atoms with Gasteiger partial charge in [-0.2, -0.15) is 0 Å². The molecule has 0 fully saturated rings. The average Bonchev–Trinajstić information content (AvgIpc) is 2.50. The van der Waals surface area contributed by atoms with Gasteiger partial charge in [0.05, 0.1) is 0 Å². The highest BCUT2D eigenvalue weighted by atomic mass is 32.1. The second kappa shape index (κ2) is 3.12. The second-order valence-corrected chi connectivity index (χ2v) is 4.23. The maximum absolute atomic E-state index is 11.0. The molecule has 0 unspecified atom stereocenters. The molecule has 3 nitrogen and oxygen atoms in total. The lowest BCUT2D eigenvalue weighted by molar-refractivity contribution is -0.143. The van der Waals surface area contributed by atoms with E-state index < -0.39 is 12.0 Å². The Morgan fingerprint density at radius 3 is 3.23 bits per heavy atom. The van der Waals surface area contributed by atoms with Crippen LogP contribution in [0.2, 0.25) is 0 Å². The zero-order valence-corrected chi connectivity index (χ0v) is 8.17. The summed E-state index contributed by atoms with van der Waals surface area (Å²) in [6.07, 6.45) is 0.971. The number of rotatable bonds is 1. The SMILES string of the molecule is CN1CCc2ccsc2[C@@H]1C(=O)O. The number of carbonyl (C=O) groups is 1. The van der Waals surface area contributed by atoms with Crippen LogP contribution in [-0.2, 0) is 11.2 Å². The lowest BCUT2D eigenvalue weighted by atomic mass is 10.0. The van der Waals surface area contributed by atoms with E-state index in [0.29, 0.717) is 0 Å². The minimum atomic E-state index is -0.745. The van der Waals surface area contributed by atoms with Gasteiger partial charge in [0.2, 0.25) is 0 Å². The number of likely N-dealkylation sites (N-methyl/N-ethyl adjacent to an activating group) is 1. The van der Waals surface area contributed by atoms with E-state index in [4.69, 9.17) is 5.11 Å². The number of thiophene rings is 1. The minimum Gasteiger partial charge on any atom is -0.480 e. The standard InChI is InChI=1S/C9H11NO2S/c1-10-4-2-6-3-5-13-8(6)7(10)9(11)12/h3,5,7H,2,4H2,1H3,(H,11,12)/t7-/m1/s1. The summed E-state index contributed by atoms with van der Waals surface area (Å²) in [5, 5.41) is 11.0. The molecule has 0 saturated heterocycles. The van der Waals surface area contributed by atoms with Crippen LogP contribution in [-0.4, -0.2) is 29.6 Å². The zero-order chi connectivity index (χ0) is 9.42. The van der Waals surface area contributed by atoms with Gasteiger partial charge in [-0.25, -0.2) is 0 Å².